The standard InChI is InChI=1S/C27H29N3O3/c28-18-24(17-25-27(32)26(31)11-12-29-25)23-9-7-21(8-10-23)2-1-20-3-5-22(6-4-20)19-30-13-15-33-16-14-30/h3-10,12,24,32H,11,13-19,28H2. The molecule has 0 aliphatic carbocycles. The molecule has 0 aromatic heterocycles. The van der Waals surface area contributed by atoms with E-state index in [2.05, 4.69) is 46.0 Å². The Kier molecular flexibility index (Phi) is 7.69. The predicted molar refractivity (Wildman–Crippen MR) is 129 cm³/mol. The van der Waals surface area contributed by atoms with Crippen LogP contribution in [0.25, 0.3) is 0 Å². The van der Waals surface area contributed by atoms with Gasteiger partial charge in [0.25, 0.3) is 0 Å². The lowest BCUT2D eigenvalue weighted by Gasteiger charge is -2.26. The zero-order valence-corrected chi connectivity index (χ0v) is 18.7. The average Bonchev–Trinajstić information content (AvgIpc) is 2.86. The second kappa shape index (κ2) is 11.1. The molecule has 3 N–H and O–H groups in total. The number of hydrogen-bond acceptors (Lipinski definition) is 6. The summed E-state index contributed by atoms with van der Waals surface area (Å²) in [6.45, 7) is 4.90. The minimum absolute atomic E-state index is 0.0359. The predicted octanol–water partition coefficient (Wildman–Crippen LogP) is 3.16. The van der Waals surface area contributed by atoms with Crippen LogP contribution in [-0.2, 0) is 16.1 Å². The largest absolute Gasteiger partial charge is 0.503 e. The smallest absolute Gasteiger partial charge is 0.204 e. The van der Waals surface area contributed by atoms with Crippen molar-refractivity contribution in [3.63, 3.8) is 0 Å². The molecule has 2 aromatic rings. The van der Waals surface area contributed by atoms with E-state index < -0.39 is 0 Å². The van der Waals surface area contributed by atoms with E-state index in [4.69, 9.17) is 10.5 Å². The van der Waals surface area contributed by atoms with Gasteiger partial charge in [-0.15, -0.1) is 0 Å². The minimum atomic E-state index is -0.296. The molecule has 0 saturated carbocycles. The number of benzene rings is 2. The van der Waals surface area contributed by atoms with Gasteiger partial charge in [-0.25, -0.2) is 0 Å². The maximum atomic E-state index is 11.7. The first-order valence-electron chi connectivity index (χ1n) is 11.3. The fourth-order valence-electron chi connectivity index (χ4n) is 3.97. The molecule has 2 aliphatic rings. The van der Waals surface area contributed by atoms with E-state index in [1.165, 1.54) is 5.56 Å². The van der Waals surface area contributed by atoms with Gasteiger partial charge in [-0.1, -0.05) is 36.1 Å². The van der Waals surface area contributed by atoms with E-state index in [1.807, 2.05) is 24.3 Å². The van der Waals surface area contributed by atoms with Crippen LogP contribution in [0, 0.1) is 11.8 Å². The Labute approximate surface area is 194 Å². The molecule has 2 aromatic carbocycles. The van der Waals surface area contributed by atoms with Crippen molar-refractivity contribution in [2.45, 2.75) is 25.3 Å². The molecule has 2 aliphatic heterocycles. The molecule has 2 heterocycles. The summed E-state index contributed by atoms with van der Waals surface area (Å²) in [4.78, 5) is 18.3. The van der Waals surface area contributed by atoms with Crippen molar-refractivity contribution < 1.29 is 14.6 Å². The van der Waals surface area contributed by atoms with E-state index in [9.17, 15) is 9.90 Å². The monoisotopic (exact) mass is 443 g/mol. The average molecular weight is 444 g/mol. The second-order valence-corrected chi connectivity index (χ2v) is 8.33. The van der Waals surface area contributed by atoms with Crippen molar-refractivity contribution in [1.29, 1.82) is 0 Å². The summed E-state index contributed by atoms with van der Waals surface area (Å²) >= 11 is 0. The molecular weight excluding hydrogens is 414 g/mol. The number of Topliss-reactive ketones (excluding diaryl/α,β-unsaturated/α-hetero) is 1. The molecule has 4 rings (SSSR count). The van der Waals surface area contributed by atoms with Gasteiger partial charge < -0.3 is 15.6 Å². The van der Waals surface area contributed by atoms with Crippen molar-refractivity contribution in [3.05, 3.63) is 82.2 Å². The van der Waals surface area contributed by atoms with E-state index in [1.54, 1.807) is 6.21 Å². The Balaban J connectivity index is 1.38. The summed E-state index contributed by atoms with van der Waals surface area (Å²) in [6.07, 6.45) is 2.11. The number of hydrogen-bond donors (Lipinski definition) is 2. The van der Waals surface area contributed by atoms with Gasteiger partial charge in [0.1, 0.15) is 0 Å². The third-order valence-corrected chi connectivity index (χ3v) is 5.98. The van der Waals surface area contributed by atoms with Crippen molar-refractivity contribution in [1.82, 2.24) is 4.90 Å². The molecule has 0 spiro atoms. The first-order chi connectivity index (χ1) is 16.1. The van der Waals surface area contributed by atoms with Crippen LogP contribution in [0.2, 0.25) is 0 Å². The molecule has 0 radical (unpaired) electrons. The molecule has 0 bridgehead atoms. The number of ether oxygens (including phenoxy) is 1. The van der Waals surface area contributed by atoms with Crippen molar-refractivity contribution in [2.75, 3.05) is 32.8 Å². The van der Waals surface area contributed by atoms with Gasteiger partial charge in [0.15, 0.2) is 5.76 Å². The summed E-state index contributed by atoms with van der Waals surface area (Å²) in [5, 5.41) is 10.0. The summed E-state index contributed by atoms with van der Waals surface area (Å²) < 4.78 is 5.40. The summed E-state index contributed by atoms with van der Waals surface area (Å²) in [6, 6.07) is 16.3. The topological polar surface area (TPSA) is 88.2 Å². The van der Waals surface area contributed by atoms with Gasteiger partial charge in [-0.3, -0.25) is 14.7 Å². The quantitative estimate of drug-likeness (QED) is 0.670. The van der Waals surface area contributed by atoms with Crippen molar-refractivity contribution >= 4 is 12.0 Å². The van der Waals surface area contributed by atoms with E-state index in [0.29, 0.717) is 18.7 Å². The van der Waals surface area contributed by atoms with Gasteiger partial charge >= 0.3 is 0 Å². The number of aliphatic imine (C=N–C) groups is 1. The Morgan fingerprint density at radius 1 is 1.03 bits per heavy atom. The van der Waals surface area contributed by atoms with E-state index >= 15 is 0 Å². The van der Waals surface area contributed by atoms with Crippen LogP contribution in [0.15, 0.2) is 65.0 Å². The van der Waals surface area contributed by atoms with Gasteiger partial charge in [0, 0.05) is 55.7 Å². The Bertz CT molecular complexity index is 1090. The number of nitrogens with zero attached hydrogens (tertiary/aromatic N) is 2. The number of carbonyl (C=O) groups excluding carboxylic acids is 1. The highest BCUT2D eigenvalue weighted by atomic mass is 16.5. The molecule has 170 valence electrons. The Morgan fingerprint density at radius 3 is 2.30 bits per heavy atom. The molecule has 6 heteroatoms. The summed E-state index contributed by atoms with van der Waals surface area (Å²) in [5.41, 5.74) is 10.6. The molecule has 1 unspecified atom stereocenters. The zero-order valence-electron chi connectivity index (χ0n) is 18.7. The highest BCUT2D eigenvalue weighted by molar-refractivity contribution is 6.03. The molecule has 1 fully saturated rings. The SMILES string of the molecule is NCC(CC1=C(O)C(=O)CC=N1)c1ccc(C#Cc2ccc(CN3CCOCC3)cc2)cc1. The van der Waals surface area contributed by atoms with Crippen LogP contribution in [-0.4, -0.2) is 54.9 Å². The maximum Gasteiger partial charge on any atom is 0.204 e. The van der Waals surface area contributed by atoms with Crippen molar-refractivity contribution in [2.24, 2.45) is 10.7 Å². The molecule has 33 heavy (non-hydrogen) atoms. The van der Waals surface area contributed by atoms with Crippen LogP contribution < -0.4 is 5.73 Å². The number of rotatable bonds is 6. The number of aliphatic hydroxyl groups excluding tert-OH is 1. The normalized spacial score (nSPS) is 17.5. The van der Waals surface area contributed by atoms with Gasteiger partial charge in [0.05, 0.1) is 18.9 Å². The van der Waals surface area contributed by atoms with Crippen LogP contribution in [0.1, 0.15) is 41.0 Å². The van der Waals surface area contributed by atoms with Crippen LogP contribution in [0.5, 0.6) is 0 Å². The number of allylic oxidation sites excluding steroid dienone is 2. The molecular formula is C27H29N3O3. The molecule has 1 saturated heterocycles. The lowest BCUT2D eigenvalue weighted by Crippen LogP contribution is -2.35. The first-order valence-corrected chi connectivity index (χ1v) is 11.3. The number of ketones is 1. The second-order valence-electron chi connectivity index (χ2n) is 8.33. The Morgan fingerprint density at radius 2 is 1.67 bits per heavy atom. The van der Waals surface area contributed by atoms with Gasteiger partial charge in [0.2, 0.25) is 5.78 Å². The zero-order chi connectivity index (χ0) is 23.0. The fraction of sp³-hybridized carbons (Fsp3) is 0.333. The highest BCUT2D eigenvalue weighted by Gasteiger charge is 2.21. The van der Waals surface area contributed by atoms with Crippen molar-refractivity contribution in [3.8, 4) is 11.8 Å². The highest BCUT2D eigenvalue weighted by Crippen LogP contribution is 2.26. The number of morpholine rings is 1. The van der Waals surface area contributed by atoms with E-state index in [0.717, 1.165) is 49.5 Å². The Hall–Kier alpha value is -3.24. The maximum absolute atomic E-state index is 11.7. The molecule has 0 amide bonds. The van der Waals surface area contributed by atoms with E-state index in [-0.39, 0.29) is 23.9 Å². The number of aliphatic hydroxyl groups is 1. The molecule has 1 atom stereocenters. The first kappa shape index (κ1) is 22.9. The number of carbonyl (C=O) groups is 1. The van der Waals surface area contributed by atoms with Crippen LogP contribution in [0.4, 0.5) is 0 Å². The fourth-order valence-corrected chi connectivity index (χ4v) is 3.97. The lowest BCUT2D eigenvalue weighted by molar-refractivity contribution is -0.117. The third-order valence-electron chi connectivity index (χ3n) is 5.98. The summed E-state index contributed by atoms with van der Waals surface area (Å²) in [7, 11) is 0. The third kappa shape index (κ3) is 6.17. The summed E-state index contributed by atoms with van der Waals surface area (Å²) in [5.74, 6) is 5.87. The lowest BCUT2D eigenvalue weighted by atomic mass is 9.92. The number of nitrogens with two attached hydrogens (primary N) is 1. The van der Waals surface area contributed by atoms with Crippen LogP contribution >= 0.6 is 0 Å². The minimum Gasteiger partial charge on any atom is -0.503 e. The van der Waals surface area contributed by atoms with Crippen LogP contribution in [0.3, 0.4) is 0 Å². The van der Waals surface area contributed by atoms with Gasteiger partial charge in [-0.05, 0) is 41.9 Å². The molecule has 6 nitrogen and oxygen atoms in total. The van der Waals surface area contributed by atoms with Gasteiger partial charge in [-0.2, -0.15) is 0 Å².